The number of nitrogens with zero attached hydrogens (tertiary/aromatic N) is 3. The molecular formula is C36H60N4O7. The largest absolute Gasteiger partial charge is 0.481 e. The van der Waals surface area contributed by atoms with Gasteiger partial charge in [0.05, 0.1) is 25.6 Å². The molecule has 1 aliphatic heterocycles. The van der Waals surface area contributed by atoms with Gasteiger partial charge in [-0.15, -0.1) is 0 Å². The first-order valence-electron chi connectivity index (χ1n) is 18.4. The third-order valence-corrected chi connectivity index (χ3v) is 11.2. The zero-order valence-corrected chi connectivity index (χ0v) is 29.1. The lowest BCUT2D eigenvalue weighted by Crippen LogP contribution is -2.50. The summed E-state index contributed by atoms with van der Waals surface area (Å²) in [5, 5.41) is 12.5. The van der Waals surface area contributed by atoms with Gasteiger partial charge in [-0.05, 0) is 88.4 Å². The topological polar surface area (TPSA) is 137 Å². The van der Waals surface area contributed by atoms with Crippen LogP contribution < -0.4 is 5.32 Å². The van der Waals surface area contributed by atoms with Crippen molar-refractivity contribution in [3.05, 3.63) is 0 Å². The summed E-state index contributed by atoms with van der Waals surface area (Å²) in [5.74, 6) is -0.459. The van der Waals surface area contributed by atoms with E-state index in [1.165, 1.54) is 29.1 Å². The number of hydrogen-bond donors (Lipinski definition) is 2. The van der Waals surface area contributed by atoms with Crippen LogP contribution in [0.1, 0.15) is 117 Å². The van der Waals surface area contributed by atoms with Gasteiger partial charge in [0.25, 0.3) is 0 Å². The van der Waals surface area contributed by atoms with Gasteiger partial charge in [0.1, 0.15) is 0 Å². The normalized spacial score (nSPS) is 27.6. The molecule has 4 atom stereocenters. The fraction of sp³-hybridized carbons (Fsp3) is 0.861. The van der Waals surface area contributed by atoms with Crippen LogP contribution in [-0.4, -0.2) is 107 Å². The molecular weight excluding hydrogens is 600 g/mol. The summed E-state index contributed by atoms with van der Waals surface area (Å²) < 4.78 is 5.49. The highest BCUT2D eigenvalue weighted by Crippen LogP contribution is 2.37. The first kappa shape index (κ1) is 37.1. The van der Waals surface area contributed by atoms with Crippen molar-refractivity contribution >= 4 is 29.6 Å². The van der Waals surface area contributed by atoms with Crippen molar-refractivity contribution in [2.75, 3.05) is 39.8 Å². The molecule has 1 heterocycles. The summed E-state index contributed by atoms with van der Waals surface area (Å²) in [6.45, 7) is 5.01. The Morgan fingerprint density at radius 2 is 1.62 bits per heavy atom. The Labute approximate surface area is 281 Å². The SMILES string of the molecule is COC1CCCC(C(=O)N(CCC(=O)O)CC(=O)N(CCC(C)C)CC(=O)NC2CCC(CC(=O)N3CCC4CCCCC43)CC2)C1. The van der Waals surface area contributed by atoms with Crippen LogP contribution in [0.25, 0.3) is 0 Å². The smallest absolute Gasteiger partial charge is 0.305 e. The van der Waals surface area contributed by atoms with Crippen molar-refractivity contribution < 1.29 is 33.8 Å². The second kappa shape index (κ2) is 18.2. The standard InChI is InChI=1S/C36H60N4O7/c1-25(2)15-18-38(34(43)24-39(19-17-35(44)45)36(46)28-8-6-9-30(22-28)47-3)23-32(41)37-29-13-11-26(12-14-29)21-33(42)40-20-16-27-7-4-5-10-31(27)40/h25-31H,4-24H2,1-3H3,(H,37,41)(H,44,45). The summed E-state index contributed by atoms with van der Waals surface area (Å²) >= 11 is 0. The van der Waals surface area contributed by atoms with E-state index in [1.54, 1.807) is 7.11 Å². The molecule has 0 aromatic carbocycles. The summed E-state index contributed by atoms with van der Waals surface area (Å²) in [6.07, 6.45) is 13.5. The van der Waals surface area contributed by atoms with Crippen molar-refractivity contribution in [2.24, 2.45) is 23.7 Å². The molecule has 3 aliphatic carbocycles. The molecule has 1 saturated heterocycles. The molecule has 47 heavy (non-hydrogen) atoms. The van der Waals surface area contributed by atoms with Crippen LogP contribution in [0, 0.1) is 23.7 Å². The van der Waals surface area contributed by atoms with E-state index in [2.05, 4.69) is 24.1 Å². The quantitative estimate of drug-likeness (QED) is 0.268. The van der Waals surface area contributed by atoms with E-state index in [1.807, 2.05) is 0 Å². The number of carboxylic acids is 1. The summed E-state index contributed by atoms with van der Waals surface area (Å²) in [6, 6.07) is 0.463. The van der Waals surface area contributed by atoms with Crippen LogP contribution in [0.5, 0.6) is 0 Å². The van der Waals surface area contributed by atoms with Crippen LogP contribution in [0.4, 0.5) is 0 Å². The zero-order valence-electron chi connectivity index (χ0n) is 29.1. The lowest BCUT2D eigenvalue weighted by Gasteiger charge is -2.34. The minimum absolute atomic E-state index is 0.0130. The second-order valence-corrected chi connectivity index (χ2v) is 15.1. The van der Waals surface area contributed by atoms with E-state index < -0.39 is 5.97 Å². The maximum absolute atomic E-state index is 13.6. The number of aliphatic carboxylic acids is 1. The minimum atomic E-state index is -1.03. The number of carboxylic acid groups (broad SMARTS) is 1. The molecule has 3 saturated carbocycles. The van der Waals surface area contributed by atoms with Gasteiger partial charge in [-0.25, -0.2) is 0 Å². The van der Waals surface area contributed by atoms with Crippen LogP contribution in [0.15, 0.2) is 0 Å². The van der Waals surface area contributed by atoms with E-state index in [9.17, 15) is 29.1 Å². The van der Waals surface area contributed by atoms with Crippen molar-refractivity contribution in [3.8, 4) is 0 Å². The first-order valence-corrected chi connectivity index (χ1v) is 18.4. The number of amides is 4. The van der Waals surface area contributed by atoms with Gasteiger partial charge in [0, 0.05) is 51.2 Å². The lowest BCUT2D eigenvalue weighted by molar-refractivity contribution is -0.147. The molecule has 0 aromatic heterocycles. The molecule has 11 heteroatoms. The molecule has 0 spiro atoms. The Balaban J connectivity index is 1.28. The number of likely N-dealkylation sites (tertiary alicyclic amines) is 1. The molecule has 0 bridgehead atoms. The van der Waals surface area contributed by atoms with E-state index in [4.69, 9.17) is 4.74 Å². The molecule has 11 nitrogen and oxygen atoms in total. The highest BCUT2D eigenvalue weighted by atomic mass is 16.5. The van der Waals surface area contributed by atoms with Crippen LogP contribution >= 0.6 is 0 Å². The van der Waals surface area contributed by atoms with Crippen molar-refractivity contribution in [2.45, 2.75) is 135 Å². The van der Waals surface area contributed by atoms with Crippen molar-refractivity contribution in [3.63, 3.8) is 0 Å². The molecule has 4 unspecified atom stereocenters. The molecule has 0 aromatic rings. The summed E-state index contributed by atoms with van der Waals surface area (Å²) in [4.78, 5) is 70.0. The Morgan fingerprint density at radius 1 is 0.872 bits per heavy atom. The van der Waals surface area contributed by atoms with Gasteiger partial charge in [-0.2, -0.15) is 0 Å². The molecule has 4 rings (SSSR count). The molecule has 0 radical (unpaired) electrons. The minimum Gasteiger partial charge on any atom is -0.481 e. The number of rotatable bonds is 15. The van der Waals surface area contributed by atoms with Gasteiger partial charge in [0.2, 0.25) is 23.6 Å². The first-order chi connectivity index (χ1) is 22.5. The van der Waals surface area contributed by atoms with E-state index >= 15 is 0 Å². The van der Waals surface area contributed by atoms with Crippen LogP contribution in [0.2, 0.25) is 0 Å². The maximum Gasteiger partial charge on any atom is 0.305 e. The maximum atomic E-state index is 13.6. The van der Waals surface area contributed by atoms with E-state index in [-0.39, 0.29) is 61.8 Å². The Kier molecular flexibility index (Phi) is 14.4. The average molecular weight is 661 g/mol. The van der Waals surface area contributed by atoms with E-state index in [0.29, 0.717) is 61.9 Å². The fourth-order valence-corrected chi connectivity index (χ4v) is 8.35. The molecule has 4 aliphatic rings. The monoisotopic (exact) mass is 660 g/mol. The van der Waals surface area contributed by atoms with Gasteiger partial charge >= 0.3 is 5.97 Å². The van der Waals surface area contributed by atoms with Crippen LogP contribution in [0.3, 0.4) is 0 Å². The molecule has 4 amide bonds. The Hall–Kier alpha value is -2.69. The highest BCUT2D eigenvalue weighted by Gasteiger charge is 2.39. The molecule has 2 N–H and O–H groups in total. The van der Waals surface area contributed by atoms with Gasteiger partial charge in [0.15, 0.2) is 0 Å². The van der Waals surface area contributed by atoms with Crippen molar-refractivity contribution in [1.82, 2.24) is 20.0 Å². The second-order valence-electron chi connectivity index (χ2n) is 15.1. The van der Waals surface area contributed by atoms with Gasteiger partial charge in [-0.3, -0.25) is 24.0 Å². The predicted molar refractivity (Wildman–Crippen MR) is 178 cm³/mol. The number of fused-ring (bicyclic) bond motifs is 1. The number of carbonyl (C=O) groups excluding carboxylic acids is 4. The molecule has 4 fully saturated rings. The predicted octanol–water partition coefficient (Wildman–Crippen LogP) is 4.23. The third-order valence-electron chi connectivity index (χ3n) is 11.2. The average Bonchev–Trinajstić information content (AvgIpc) is 3.50. The zero-order chi connectivity index (χ0) is 33.9. The number of hydrogen-bond acceptors (Lipinski definition) is 6. The van der Waals surface area contributed by atoms with Crippen LogP contribution in [-0.2, 0) is 28.7 Å². The van der Waals surface area contributed by atoms with Crippen molar-refractivity contribution in [1.29, 1.82) is 0 Å². The Bertz CT molecular complexity index is 1080. The summed E-state index contributed by atoms with van der Waals surface area (Å²) in [5.41, 5.74) is 0. The third kappa shape index (κ3) is 11.2. The van der Waals surface area contributed by atoms with Gasteiger partial charge < -0.3 is 29.9 Å². The number of methoxy groups -OCH3 is 1. The van der Waals surface area contributed by atoms with Gasteiger partial charge in [-0.1, -0.05) is 33.1 Å². The highest BCUT2D eigenvalue weighted by molar-refractivity contribution is 5.89. The number of nitrogens with one attached hydrogen (secondary N) is 1. The number of ether oxygens (including phenoxy) is 1. The van der Waals surface area contributed by atoms with E-state index in [0.717, 1.165) is 57.9 Å². The number of carbonyl (C=O) groups is 5. The Morgan fingerprint density at radius 3 is 2.32 bits per heavy atom. The molecule has 266 valence electrons. The summed E-state index contributed by atoms with van der Waals surface area (Å²) in [7, 11) is 1.63. The lowest BCUT2D eigenvalue weighted by atomic mass is 9.83. The fourth-order valence-electron chi connectivity index (χ4n) is 8.35.